The van der Waals surface area contributed by atoms with E-state index in [1.165, 1.54) is 19.8 Å². The van der Waals surface area contributed by atoms with Gasteiger partial charge in [0.1, 0.15) is 5.75 Å². The molecule has 0 amide bonds. The molecule has 1 aliphatic heterocycles. The number of alkyl halides is 1. The summed E-state index contributed by atoms with van der Waals surface area (Å²) in [7, 11) is 0. The van der Waals surface area contributed by atoms with Gasteiger partial charge in [-0.3, -0.25) is 0 Å². The Bertz CT molecular complexity index is 594. The lowest BCUT2D eigenvalue weighted by atomic mass is 9.89. The zero-order chi connectivity index (χ0) is 13.4. The van der Waals surface area contributed by atoms with Crippen LogP contribution in [-0.2, 0) is 0 Å². The average Bonchev–Trinajstić information content (AvgIpc) is 2.76. The first-order valence-electron chi connectivity index (χ1n) is 6.28. The Balaban J connectivity index is 1.97. The van der Waals surface area contributed by atoms with Crippen molar-refractivity contribution >= 4 is 43.2 Å². The molecule has 2 unspecified atom stereocenters. The molecule has 1 aliphatic rings. The lowest BCUT2D eigenvalue weighted by Crippen LogP contribution is -2.17. The summed E-state index contributed by atoms with van der Waals surface area (Å²) >= 11 is 9.44. The highest BCUT2D eigenvalue weighted by Crippen LogP contribution is 2.49. The van der Waals surface area contributed by atoms with E-state index >= 15 is 0 Å². The molecule has 1 aromatic heterocycles. The van der Waals surface area contributed by atoms with Gasteiger partial charge in [0, 0.05) is 20.1 Å². The predicted octanol–water partition coefficient (Wildman–Crippen LogP) is 5.82. The summed E-state index contributed by atoms with van der Waals surface area (Å²) in [5.41, 5.74) is 1.31. The van der Waals surface area contributed by atoms with Crippen molar-refractivity contribution in [2.24, 2.45) is 0 Å². The third-order valence-electron chi connectivity index (χ3n) is 3.44. The van der Waals surface area contributed by atoms with Gasteiger partial charge >= 0.3 is 0 Å². The molecule has 0 spiro atoms. The van der Waals surface area contributed by atoms with Crippen LogP contribution >= 0.6 is 43.2 Å². The van der Waals surface area contributed by atoms with Crippen LogP contribution < -0.4 is 4.74 Å². The molecule has 0 saturated carbocycles. The van der Waals surface area contributed by atoms with Crippen LogP contribution in [0.4, 0.5) is 0 Å². The van der Waals surface area contributed by atoms with Crippen molar-refractivity contribution in [3.8, 4) is 5.75 Å². The first-order valence-corrected chi connectivity index (χ1v) is 8.81. The summed E-state index contributed by atoms with van der Waals surface area (Å²) in [6.07, 6.45) is 1.05. The highest BCUT2D eigenvalue weighted by Gasteiger charge is 2.30. The summed E-state index contributed by atoms with van der Waals surface area (Å²) in [5, 5.41) is 0. The molecule has 0 fully saturated rings. The van der Waals surface area contributed by atoms with E-state index in [0.717, 1.165) is 18.8 Å². The highest BCUT2D eigenvalue weighted by atomic mass is 79.9. The Hall–Kier alpha value is -0.320. The van der Waals surface area contributed by atoms with Crippen LogP contribution in [-0.4, -0.2) is 6.61 Å². The fraction of sp³-hybridized carbons (Fsp3) is 0.333. The highest BCUT2D eigenvalue weighted by molar-refractivity contribution is 9.11. The summed E-state index contributed by atoms with van der Waals surface area (Å²) in [6, 6.07) is 10.6. The molecular weight excluding hydrogens is 388 g/mol. The number of halogens is 2. The zero-order valence-electron chi connectivity index (χ0n) is 10.5. The predicted molar refractivity (Wildman–Crippen MR) is 87.7 cm³/mol. The van der Waals surface area contributed by atoms with E-state index in [9.17, 15) is 0 Å². The van der Waals surface area contributed by atoms with Gasteiger partial charge in [-0.25, -0.2) is 0 Å². The van der Waals surface area contributed by atoms with Crippen molar-refractivity contribution in [1.82, 2.24) is 0 Å². The minimum Gasteiger partial charge on any atom is -0.493 e. The number of para-hydroxylation sites is 1. The number of thiophene rings is 1. The Morgan fingerprint density at radius 2 is 2.16 bits per heavy atom. The quantitative estimate of drug-likeness (QED) is 0.576. The largest absolute Gasteiger partial charge is 0.493 e. The second-order valence-electron chi connectivity index (χ2n) is 4.75. The lowest BCUT2D eigenvalue weighted by Gasteiger charge is -2.29. The Labute approximate surface area is 134 Å². The van der Waals surface area contributed by atoms with E-state index in [4.69, 9.17) is 4.74 Å². The SMILES string of the molecule is Cc1cc(Br)c(C(Br)C2CCOc3ccccc32)s1. The molecule has 0 radical (unpaired) electrons. The molecule has 0 N–H and O–H groups in total. The van der Waals surface area contributed by atoms with Gasteiger partial charge in [0.15, 0.2) is 0 Å². The van der Waals surface area contributed by atoms with Crippen LogP contribution in [0.25, 0.3) is 0 Å². The maximum atomic E-state index is 5.75. The van der Waals surface area contributed by atoms with E-state index in [2.05, 4.69) is 63.0 Å². The number of aryl methyl sites for hydroxylation is 1. The van der Waals surface area contributed by atoms with E-state index in [1.807, 2.05) is 17.4 Å². The first kappa shape index (κ1) is 13.7. The molecule has 0 bridgehead atoms. The summed E-state index contributed by atoms with van der Waals surface area (Å²) in [4.78, 5) is 3.05. The van der Waals surface area contributed by atoms with Crippen LogP contribution in [0, 0.1) is 6.92 Å². The maximum absolute atomic E-state index is 5.75. The molecular formula is C15H14Br2OS. The number of fused-ring (bicyclic) bond motifs is 1. The number of ether oxygens (including phenoxy) is 1. The topological polar surface area (TPSA) is 9.23 Å². The van der Waals surface area contributed by atoms with Gasteiger partial charge in [-0.2, -0.15) is 0 Å². The minimum atomic E-state index is 0.339. The van der Waals surface area contributed by atoms with Crippen molar-refractivity contribution in [2.45, 2.75) is 24.1 Å². The number of hydrogen-bond acceptors (Lipinski definition) is 2. The van der Waals surface area contributed by atoms with Crippen LogP contribution in [0.2, 0.25) is 0 Å². The summed E-state index contributed by atoms with van der Waals surface area (Å²) < 4.78 is 6.96. The van der Waals surface area contributed by atoms with E-state index in [1.54, 1.807) is 0 Å². The number of benzene rings is 1. The zero-order valence-corrected chi connectivity index (χ0v) is 14.5. The van der Waals surface area contributed by atoms with Gasteiger partial charge < -0.3 is 4.74 Å². The smallest absolute Gasteiger partial charge is 0.122 e. The van der Waals surface area contributed by atoms with Crippen LogP contribution in [0.1, 0.15) is 32.5 Å². The van der Waals surface area contributed by atoms with Crippen LogP contribution in [0.5, 0.6) is 5.75 Å². The van der Waals surface area contributed by atoms with E-state index in [-0.39, 0.29) is 0 Å². The fourth-order valence-corrected chi connectivity index (χ4v) is 5.87. The van der Waals surface area contributed by atoms with Gasteiger partial charge in [0.2, 0.25) is 0 Å². The van der Waals surface area contributed by atoms with Crippen molar-refractivity contribution in [1.29, 1.82) is 0 Å². The monoisotopic (exact) mass is 400 g/mol. The summed E-state index contributed by atoms with van der Waals surface area (Å²) in [5.74, 6) is 1.51. The molecule has 2 atom stereocenters. The molecule has 100 valence electrons. The molecule has 0 aliphatic carbocycles. The fourth-order valence-electron chi connectivity index (χ4n) is 2.55. The minimum absolute atomic E-state index is 0.339. The lowest BCUT2D eigenvalue weighted by molar-refractivity contribution is 0.266. The van der Waals surface area contributed by atoms with Gasteiger partial charge in [-0.15, -0.1) is 11.3 Å². The van der Waals surface area contributed by atoms with Gasteiger partial charge in [-0.05, 0) is 47.0 Å². The van der Waals surface area contributed by atoms with Crippen molar-refractivity contribution in [2.75, 3.05) is 6.61 Å². The van der Waals surface area contributed by atoms with Gasteiger partial charge in [0.05, 0.1) is 11.4 Å². The molecule has 0 saturated heterocycles. The Kier molecular flexibility index (Phi) is 4.01. The number of rotatable bonds is 2. The standard InChI is InChI=1S/C15H14Br2OS/c1-9-8-12(16)15(19-9)14(17)11-6-7-18-13-5-3-2-4-10(11)13/h2-5,8,11,14H,6-7H2,1H3. The van der Waals surface area contributed by atoms with Crippen molar-refractivity contribution in [3.63, 3.8) is 0 Å². The third-order valence-corrected chi connectivity index (χ3v) is 6.90. The molecule has 2 heterocycles. The average molecular weight is 402 g/mol. The molecule has 2 aromatic rings. The van der Waals surface area contributed by atoms with Crippen LogP contribution in [0.15, 0.2) is 34.8 Å². The third kappa shape index (κ3) is 2.63. The molecule has 19 heavy (non-hydrogen) atoms. The van der Waals surface area contributed by atoms with Gasteiger partial charge in [0.25, 0.3) is 0 Å². The van der Waals surface area contributed by atoms with E-state index in [0.29, 0.717) is 10.7 Å². The van der Waals surface area contributed by atoms with Crippen molar-refractivity contribution in [3.05, 3.63) is 50.1 Å². The molecule has 1 nitrogen and oxygen atoms in total. The van der Waals surface area contributed by atoms with Crippen LogP contribution in [0.3, 0.4) is 0 Å². The summed E-state index contributed by atoms with van der Waals surface area (Å²) in [6.45, 7) is 2.95. The first-order chi connectivity index (χ1) is 9.16. The van der Waals surface area contributed by atoms with E-state index < -0.39 is 0 Å². The Morgan fingerprint density at radius 1 is 1.37 bits per heavy atom. The van der Waals surface area contributed by atoms with Gasteiger partial charge in [-0.1, -0.05) is 34.1 Å². The maximum Gasteiger partial charge on any atom is 0.122 e. The molecule has 1 aromatic carbocycles. The molecule has 4 heteroatoms. The normalized spacial score (nSPS) is 19.6. The second-order valence-corrected chi connectivity index (χ2v) is 7.88. The number of hydrogen-bond donors (Lipinski definition) is 0. The second kappa shape index (κ2) is 5.58. The Morgan fingerprint density at radius 3 is 2.89 bits per heavy atom. The van der Waals surface area contributed by atoms with Crippen molar-refractivity contribution < 1.29 is 4.74 Å². The molecule has 3 rings (SSSR count).